The third-order valence-electron chi connectivity index (χ3n) is 2.38. The number of carbonyl (C=O) groups is 2. The van der Waals surface area contributed by atoms with E-state index in [9.17, 15) is 9.59 Å². The third-order valence-corrected chi connectivity index (χ3v) is 2.38. The summed E-state index contributed by atoms with van der Waals surface area (Å²) in [7, 11) is 1.90. The van der Waals surface area contributed by atoms with E-state index in [0.29, 0.717) is 26.3 Å². The first kappa shape index (κ1) is 25.8. The molecule has 5 nitrogen and oxygen atoms in total. The van der Waals surface area contributed by atoms with Gasteiger partial charge in [-0.1, -0.05) is 55.4 Å². The first-order valence-electron chi connectivity index (χ1n) is 8.36. The molecule has 0 unspecified atom stereocenters. The standard InChI is InChI=1S/C13H25NO4.2C2H6/c1-10(2)12(15)17-8-6-14(5)7-9-18-13(16)11(3)4;2*1-2/h10-11H,6-9H2,1-5H3;2*1-2H3. The molecule has 0 heterocycles. The van der Waals surface area contributed by atoms with Crippen molar-refractivity contribution in [3.63, 3.8) is 0 Å². The van der Waals surface area contributed by atoms with E-state index in [1.807, 2.05) is 39.6 Å². The molecular formula is C17H37NO4. The summed E-state index contributed by atoms with van der Waals surface area (Å²) in [5, 5.41) is 0. The summed E-state index contributed by atoms with van der Waals surface area (Å²) in [6.45, 7) is 17.2. The van der Waals surface area contributed by atoms with Crippen molar-refractivity contribution < 1.29 is 19.1 Å². The second-order valence-electron chi connectivity index (χ2n) is 4.95. The zero-order chi connectivity index (χ0) is 18.1. The molecule has 0 aliphatic heterocycles. The normalized spacial score (nSPS) is 9.64. The monoisotopic (exact) mass is 319 g/mol. The molecule has 22 heavy (non-hydrogen) atoms. The lowest BCUT2D eigenvalue weighted by molar-refractivity contribution is -0.147. The van der Waals surface area contributed by atoms with Crippen molar-refractivity contribution >= 4 is 11.9 Å². The van der Waals surface area contributed by atoms with Crippen molar-refractivity contribution in [3.05, 3.63) is 0 Å². The van der Waals surface area contributed by atoms with Gasteiger partial charge in [0.05, 0.1) is 11.8 Å². The van der Waals surface area contributed by atoms with Gasteiger partial charge in [-0.15, -0.1) is 0 Å². The number of hydrogen-bond acceptors (Lipinski definition) is 5. The Morgan fingerprint density at radius 3 is 1.27 bits per heavy atom. The van der Waals surface area contributed by atoms with Crippen LogP contribution in [0.5, 0.6) is 0 Å². The largest absolute Gasteiger partial charge is 0.464 e. The zero-order valence-electron chi connectivity index (χ0n) is 16.1. The third kappa shape index (κ3) is 17.0. The summed E-state index contributed by atoms with van der Waals surface area (Å²) in [5.74, 6) is -0.561. The van der Waals surface area contributed by atoms with Crippen molar-refractivity contribution in [2.45, 2.75) is 55.4 Å². The maximum atomic E-state index is 11.2. The first-order chi connectivity index (χ1) is 10.3. The lowest BCUT2D eigenvalue weighted by Crippen LogP contribution is -2.29. The van der Waals surface area contributed by atoms with Crippen LogP contribution in [0.15, 0.2) is 0 Å². The molecule has 0 aliphatic rings. The average molecular weight is 319 g/mol. The summed E-state index contributed by atoms with van der Waals surface area (Å²) in [6.07, 6.45) is 0. The van der Waals surface area contributed by atoms with Crippen molar-refractivity contribution in [2.75, 3.05) is 33.4 Å². The highest BCUT2D eigenvalue weighted by Gasteiger charge is 2.10. The van der Waals surface area contributed by atoms with Gasteiger partial charge in [-0.25, -0.2) is 0 Å². The van der Waals surface area contributed by atoms with Gasteiger partial charge < -0.3 is 9.47 Å². The van der Waals surface area contributed by atoms with Crippen LogP contribution in [0.4, 0.5) is 0 Å². The fraction of sp³-hybridized carbons (Fsp3) is 0.882. The fourth-order valence-electron chi connectivity index (χ4n) is 1.05. The summed E-state index contributed by atoms with van der Waals surface area (Å²) < 4.78 is 10.1. The molecule has 0 aromatic carbocycles. The molecule has 0 aromatic rings. The molecule has 0 radical (unpaired) electrons. The van der Waals surface area contributed by atoms with Gasteiger partial charge in [-0.3, -0.25) is 14.5 Å². The van der Waals surface area contributed by atoms with Gasteiger partial charge in [0.15, 0.2) is 0 Å². The molecule has 0 aromatic heterocycles. The molecule has 134 valence electrons. The number of rotatable bonds is 8. The topological polar surface area (TPSA) is 55.8 Å². The minimum absolute atomic E-state index is 0.0951. The summed E-state index contributed by atoms with van der Waals surface area (Å²) >= 11 is 0. The summed E-state index contributed by atoms with van der Waals surface area (Å²) in [5.41, 5.74) is 0. The second kappa shape index (κ2) is 18.0. The van der Waals surface area contributed by atoms with Crippen LogP contribution in [-0.2, 0) is 19.1 Å². The van der Waals surface area contributed by atoms with Crippen LogP contribution in [0.25, 0.3) is 0 Å². The van der Waals surface area contributed by atoms with E-state index in [1.54, 1.807) is 27.7 Å². The van der Waals surface area contributed by atoms with Crippen molar-refractivity contribution in [3.8, 4) is 0 Å². The number of esters is 2. The molecule has 0 bridgehead atoms. The van der Waals surface area contributed by atoms with Crippen molar-refractivity contribution in [2.24, 2.45) is 11.8 Å². The molecule has 0 N–H and O–H groups in total. The SMILES string of the molecule is CC.CC.CC(C)C(=O)OCCN(C)CCOC(=O)C(C)C. The molecule has 0 fully saturated rings. The van der Waals surface area contributed by atoms with Gasteiger partial charge in [0.25, 0.3) is 0 Å². The van der Waals surface area contributed by atoms with Crippen LogP contribution in [0, 0.1) is 11.8 Å². The Kier molecular flexibility index (Phi) is 21.1. The van der Waals surface area contributed by atoms with E-state index in [-0.39, 0.29) is 23.8 Å². The number of carbonyl (C=O) groups excluding carboxylic acids is 2. The number of hydrogen-bond donors (Lipinski definition) is 0. The first-order valence-corrected chi connectivity index (χ1v) is 8.36. The Labute approximate surface area is 137 Å². The smallest absolute Gasteiger partial charge is 0.308 e. The highest BCUT2D eigenvalue weighted by Crippen LogP contribution is 1.97. The molecule has 0 aliphatic carbocycles. The van der Waals surface area contributed by atoms with E-state index in [0.717, 1.165) is 0 Å². The average Bonchev–Trinajstić information content (AvgIpc) is 2.50. The predicted molar refractivity (Wildman–Crippen MR) is 91.8 cm³/mol. The molecular weight excluding hydrogens is 282 g/mol. The molecule has 0 rings (SSSR count). The molecule has 0 saturated carbocycles. The zero-order valence-corrected chi connectivity index (χ0v) is 16.1. The van der Waals surface area contributed by atoms with E-state index in [4.69, 9.17) is 9.47 Å². The number of ether oxygens (including phenoxy) is 2. The van der Waals surface area contributed by atoms with Gasteiger partial charge in [0, 0.05) is 13.1 Å². The molecule has 0 atom stereocenters. The van der Waals surface area contributed by atoms with Crippen LogP contribution >= 0.6 is 0 Å². The molecule has 0 saturated heterocycles. The van der Waals surface area contributed by atoms with Gasteiger partial charge in [-0.2, -0.15) is 0 Å². The van der Waals surface area contributed by atoms with E-state index < -0.39 is 0 Å². The Morgan fingerprint density at radius 2 is 1.05 bits per heavy atom. The van der Waals surface area contributed by atoms with Crippen LogP contribution in [-0.4, -0.2) is 50.2 Å². The summed E-state index contributed by atoms with van der Waals surface area (Å²) in [4.78, 5) is 24.3. The minimum Gasteiger partial charge on any atom is -0.464 e. The predicted octanol–water partition coefficient (Wildman–Crippen LogP) is 3.37. The van der Waals surface area contributed by atoms with Gasteiger partial charge in [-0.05, 0) is 7.05 Å². The Balaban J connectivity index is -0.000000826. The van der Waals surface area contributed by atoms with Crippen LogP contribution in [0.1, 0.15) is 55.4 Å². The van der Waals surface area contributed by atoms with E-state index in [1.165, 1.54) is 0 Å². The Bertz CT molecular complexity index is 239. The lowest BCUT2D eigenvalue weighted by atomic mass is 10.2. The molecule has 5 heteroatoms. The van der Waals surface area contributed by atoms with Gasteiger partial charge >= 0.3 is 11.9 Å². The van der Waals surface area contributed by atoms with E-state index in [2.05, 4.69) is 0 Å². The van der Waals surface area contributed by atoms with Crippen LogP contribution < -0.4 is 0 Å². The van der Waals surface area contributed by atoms with Gasteiger partial charge in [0.2, 0.25) is 0 Å². The Hall–Kier alpha value is -1.10. The van der Waals surface area contributed by atoms with Gasteiger partial charge in [0.1, 0.15) is 13.2 Å². The Morgan fingerprint density at radius 1 is 0.773 bits per heavy atom. The van der Waals surface area contributed by atoms with Crippen LogP contribution in [0.3, 0.4) is 0 Å². The maximum absolute atomic E-state index is 11.2. The molecule has 0 amide bonds. The number of nitrogens with zero attached hydrogens (tertiary/aromatic N) is 1. The minimum atomic E-state index is -0.186. The summed E-state index contributed by atoms with van der Waals surface area (Å²) in [6, 6.07) is 0. The van der Waals surface area contributed by atoms with Crippen molar-refractivity contribution in [1.29, 1.82) is 0 Å². The van der Waals surface area contributed by atoms with Crippen molar-refractivity contribution in [1.82, 2.24) is 4.90 Å². The quantitative estimate of drug-likeness (QED) is 0.642. The molecule has 0 spiro atoms. The maximum Gasteiger partial charge on any atom is 0.308 e. The fourth-order valence-corrected chi connectivity index (χ4v) is 1.05. The highest BCUT2D eigenvalue weighted by molar-refractivity contribution is 5.71. The lowest BCUT2D eigenvalue weighted by Gasteiger charge is -2.17. The number of likely N-dealkylation sites (N-methyl/N-ethyl adjacent to an activating group) is 1. The van der Waals surface area contributed by atoms with Crippen LogP contribution in [0.2, 0.25) is 0 Å². The second-order valence-corrected chi connectivity index (χ2v) is 4.95. The highest BCUT2D eigenvalue weighted by atomic mass is 16.5. The van der Waals surface area contributed by atoms with E-state index >= 15 is 0 Å².